The topological polar surface area (TPSA) is 25.8 Å². The van der Waals surface area contributed by atoms with E-state index in [-0.39, 0.29) is 0 Å². The van der Waals surface area contributed by atoms with Gasteiger partial charge in [0, 0.05) is 0 Å². The summed E-state index contributed by atoms with van der Waals surface area (Å²) in [7, 11) is 0. The fourth-order valence-corrected chi connectivity index (χ4v) is 6.18. The molecule has 41 heavy (non-hydrogen) atoms. The van der Waals surface area contributed by atoms with Crippen LogP contribution in [0.25, 0.3) is 66.9 Å². The van der Waals surface area contributed by atoms with Crippen LogP contribution in [0.2, 0.25) is 0 Å². The molecule has 0 bridgehead atoms. The first-order valence-electron chi connectivity index (χ1n) is 13.7. The van der Waals surface area contributed by atoms with Crippen molar-refractivity contribution in [2.75, 3.05) is 0 Å². The molecule has 0 unspecified atom stereocenters. The van der Waals surface area contributed by atoms with Gasteiger partial charge in [-0.05, 0) is 0 Å². The van der Waals surface area contributed by atoms with Crippen LogP contribution >= 0.6 is 0 Å². The molecule has 194 valence electrons. The molecule has 0 fully saturated rings. The Kier molecular flexibility index (Phi) is 6.74. The van der Waals surface area contributed by atoms with E-state index in [0.717, 1.165) is 39.1 Å². The maximum atomic E-state index is 5.20. The molecule has 0 amide bonds. The molecular weight excluding hydrogens is 563 g/mol. The van der Waals surface area contributed by atoms with Gasteiger partial charge in [-0.15, -0.1) is 0 Å². The van der Waals surface area contributed by atoms with Crippen LogP contribution in [-0.2, 0) is 0 Å². The normalized spacial score (nSPS) is 11.0. The zero-order valence-electron chi connectivity index (χ0n) is 22.3. The molecule has 0 N–H and O–H groups in total. The van der Waals surface area contributed by atoms with E-state index >= 15 is 0 Å². The first-order valence-corrected chi connectivity index (χ1v) is 14.6. The van der Waals surface area contributed by atoms with Gasteiger partial charge in [-0.25, -0.2) is 0 Å². The Bertz CT molecular complexity index is 1990. The summed E-state index contributed by atoms with van der Waals surface area (Å²) in [6.07, 6.45) is 0. The van der Waals surface area contributed by atoms with Gasteiger partial charge in [0.1, 0.15) is 0 Å². The number of hydrogen-bond acceptors (Lipinski definition) is 2. The maximum absolute atomic E-state index is 5.20. The number of hydrogen-bond donors (Lipinski definition) is 0. The van der Waals surface area contributed by atoms with Gasteiger partial charge in [-0.3, -0.25) is 0 Å². The van der Waals surface area contributed by atoms with Crippen molar-refractivity contribution in [1.82, 2.24) is 9.97 Å². The molecule has 0 saturated heterocycles. The molecule has 7 aromatic rings. The van der Waals surface area contributed by atoms with E-state index in [9.17, 15) is 0 Å². The summed E-state index contributed by atoms with van der Waals surface area (Å²) in [6, 6.07) is 52.8. The van der Waals surface area contributed by atoms with Crippen LogP contribution in [0.4, 0.5) is 0 Å². The Labute approximate surface area is 248 Å². The van der Waals surface area contributed by atoms with Crippen molar-refractivity contribution in [2.24, 2.45) is 0 Å². The van der Waals surface area contributed by atoms with E-state index in [1.165, 1.54) is 32.3 Å². The Morgan fingerprint density at radius 2 is 0.805 bits per heavy atom. The minimum absolute atomic E-state index is 0.879. The van der Waals surface area contributed by atoms with Gasteiger partial charge in [0.05, 0.1) is 0 Å². The monoisotopic (exact) mass is 590 g/mol. The standard InChI is InChI=1S/C38H26N2Se/c41-38-32(30-19-10-18-29(24-30)26-12-4-1-5-13-26)20-11-21-33(38)31-22-23-34-35(25-31)40-37(28-16-8-3-9-17-28)36(39-34)27-14-6-2-7-15-27/h1-25,41H. The Morgan fingerprint density at radius 3 is 1.41 bits per heavy atom. The second-order valence-electron chi connectivity index (χ2n) is 10.0. The number of nitrogens with zero attached hydrogens (tertiary/aromatic N) is 2. The second kappa shape index (κ2) is 11.0. The van der Waals surface area contributed by atoms with E-state index in [1.54, 1.807) is 0 Å². The molecule has 1 heterocycles. The van der Waals surface area contributed by atoms with Crippen molar-refractivity contribution >= 4 is 31.5 Å². The van der Waals surface area contributed by atoms with Crippen LogP contribution in [0.5, 0.6) is 0 Å². The van der Waals surface area contributed by atoms with E-state index in [0.29, 0.717) is 0 Å². The van der Waals surface area contributed by atoms with Crippen LogP contribution in [0, 0.1) is 0 Å². The molecule has 3 heteroatoms. The van der Waals surface area contributed by atoms with Gasteiger partial charge in [0.2, 0.25) is 0 Å². The van der Waals surface area contributed by atoms with Crippen molar-refractivity contribution < 1.29 is 0 Å². The molecule has 0 spiro atoms. The first-order chi connectivity index (χ1) is 20.2. The van der Waals surface area contributed by atoms with Crippen LogP contribution in [0.1, 0.15) is 0 Å². The van der Waals surface area contributed by atoms with E-state index in [4.69, 9.17) is 9.97 Å². The van der Waals surface area contributed by atoms with Gasteiger partial charge in [0.15, 0.2) is 0 Å². The Morgan fingerprint density at radius 1 is 0.341 bits per heavy atom. The zero-order chi connectivity index (χ0) is 27.6. The molecule has 6 aromatic carbocycles. The average molecular weight is 590 g/mol. The zero-order valence-corrected chi connectivity index (χ0v) is 24.2. The van der Waals surface area contributed by atoms with Crippen LogP contribution in [-0.4, -0.2) is 26.0 Å². The number of fused-ring (bicyclic) bond motifs is 1. The van der Waals surface area contributed by atoms with Crippen LogP contribution in [0.15, 0.2) is 152 Å². The van der Waals surface area contributed by atoms with Crippen molar-refractivity contribution in [3.8, 4) is 55.9 Å². The molecule has 7 rings (SSSR count). The fraction of sp³-hybridized carbons (Fsp3) is 0. The molecular formula is C38H26N2Se. The third-order valence-corrected chi connectivity index (χ3v) is 8.40. The Balaban J connectivity index is 1.34. The van der Waals surface area contributed by atoms with Crippen molar-refractivity contribution in [3.05, 3.63) is 152 Å². The van der Waals surface area contributed by atoms with Gasteiger partial charge in [-0.1, -0.05) is 0 Å². The summed E-state index contributed by atoms with van der Waals surface area (Å²) >= 11 is 2.79. The molecule has 0 aliphatic carbocycles. The summed E-state index contributed by atoms with van der Waals surface area (Å²) in [5.41, 5.74) is 12.8. The molecule has 0 radical (unpaired) electrons. The molecule has 0 atom stereocenters. The third-order valence-electron chi connectivity index (χ3n) is 7.39. The predicted octanol–water partition coefficient (Wildman–Crippen LogP) is 8.49. The summed E-state index contributed by atoms with van der Waals surface area (Å²) in [5, 5.41) is 0. The van der Waals surface area contributed by atoms with Gasteiger partial charge in [-0.2, -0.15) is 0 Å². The Hall–Kier alpha value is -4.82. The second-order valence-corrected chi connectivity index (χ2v) is 10.9. The van der Waals surface area contributed by atoms with E-state index < -0.39 is 0 Å². The van der Waals surface area contributed by atoms with E-state index in [1.807, 2.05) is 36.4 Å². The van der Waals surface area contributed by atoms with Crippen LogP contribution in [0.3, 0.4) is 0 Å². The average Bonchev–Trinajstić information content (AvgIpc) is 3.05. The summed E-state index contributed by atoms with van der Waals surface area (Å²) in [4.78, 5) is 10.3. The minimum atomic E-state index is 0.879. The summed E-state index contributed by atoms with van der Waals surface area (Å²) in [5.74, 6) is 0. The summed E-state index contributed by atoms with van der Waals surface area (Å²) in [6.45, 7) is 0. The van der Waals surface area contributed by atoms with Crippen LogP contribution < -0.4 is 4.46 Å². The fourth-order valence-electron chi connectivity index (χ4n) is 5.32. The number of benzene rings is 6. The molecule has 0 aliphatic heterocycles. The quantitative estimate of drug-likeness (QED) is 0.188. The number of aromatic nitrogens is 2. The van der Waals surface area contributed by atoms with Gasteiger partial charge < -0.3 is 0 Å². The van der Waals surface area contributed by atoms with Crippen molar-refractivity contribution in [1.29, 1.82) is 0 Å². The molecule has 1 aromatic heterocycles. The predicted molar refractivity (Wildman–Crippen MR) is 174 cm³/mol. The van der Waals surface area contributed by atoms with Crippen molar-refractivity contribution in [3.63, 3.8) is 0 Å². The van der Waals surface area contributed by atoms with Crippen molar-refractivity contribution in [2.45, 2.75) is 0 Å². The first kappa shape index (κ1) is 25.2. The van der Waals surface area contributed by atoms with Gasteiger partial charge >= 0.3 is 249 Å². The van der Waals surface area contributed by atoms with E-state index in [2.05, 4.69) is 131 Å². The number of rotatable bonds is 5. The summed E-state index contributed by atoms with van der Waals surface area (Å²) < 4.78 is 1.18. The SMILES string of the molecule is [SeH]c1c(-c2cccc(-c3ccccc3)c2)cccc1-c1ccc2nc(-c3ccccc3)c(-c3ccccc3)nc2c1. The third kappa shape index (κ3) is 4.98. The molecule has 0 aliphatic rings. The van der Waals surface area contributed by atoms with Gasteiger partial charge in [0.25, 0.3) is 0 Å². The molecule has 0 saturated carbocycles. The molecule has 2 nitrogen and oxygen atoms in total.